The summed E-state index contributed by atoms with van der Waals surface area (Å²) in [6.07, 6.45) is -0.410. The molecular weight excluding hydrogens is 344 g/mol. The van der Waals surface area contributed by atoms with E-state index >= 15 is 0 Å². The van der Waals surface area contributed by atoms with Gasteiger partial charge in [-0.2, -0.15) is 0 Å². The molecule has 2 aliphatic rings. The molecule has 4 atom stereocenters. The molecule has 25 heavy (non-hydrogen) atoms. The Bertz CT molecular complexity index is 795. The number of aromatic amines is 1. The quantitative estimate of drug-likeness (QED) is 0.612. The van der Waals surface area contributed by atoms with Crippen molar-refractivity contribution in [3.63, 3.8) is 0 Å². The van der Waals surface area contributed by atoms with Crippen LogP contribution in [0.3, 0.4) is 0 Å². The number of hydrogen-bond donors (Lipinski definition) is 2. The van der Waals surface area contributed by atoms with E-state index in [-0.39, 0.29) is 5.04 Å². The molecule has 0 amide bonds. The van der Waals surface area contributed by atoms with Crippen LogP contribution in [0.15, 0.2) is 15.8 Å². The molecule has 0 aromatic carbocycles. The number of aryl methyl sites for hydroxylation is 1. The van der Waals surface area contributed by atoms with Crippen LogP contribution in [0.5, 0.6) is 0 Å². The molecule has 9 heteroatoms. The Morgan fingerprint density at radius 1 is 1.36 bits per heavy atom. The van der Waals surface area contributed by atoms with E-state index in [9.17, 15) is 14.7 Å². The van der Waals surface area contributed by atoms with E-state index in [1.807, 2.05) is 0 Å². The zero-order valence-electron chi connectivity index (χ0n) is 15.5. The van der Waals surface area contributed by atoms with E-state index in [0.717, 1.165) is 0 Å². The van der Waals surface area contributed by atoms with Crippen molar-refractivity contribution >= 4 is 8.32 Å². The predicted octanol–water partition coefficient (Wildman–Crippen LogP) is 1.20. The van der Waals surface area contributed by atoms with E-state index in [1.54, 1.807) is 6.92 Å². The first-order chi connectivity index (χ1) is 11.4. The highest BCUT2D eigenvalue weighted by molar-refractivity contribution is 6.74. The average molecular weight is 370 g/mol. The van der Waals surface area contributed by atoms with E-state index in [1.165, 1.54) is 10.8 Å². The van der Waals surface area contributed by atoms with Gasteiger partial charge in [0, 0.05) is 18.2 Å². The molecule has 2 fully saturated rings. The smallest absolute Gasteiger partial charge is 0.330 e. The molecule has 2 saturated heterocycles. The van der Waals surface area contributed by atoms with Gasteiger partial charge >= 0.3 is 5.69 Å². The fourth-order valence-electron chi connectivity index (χ4n) is 2.78. The maximum absolute atomic E-state index is 12.1. The van der Waals surface area contributed by atoms with Crippen LogP contribution in [-0.4, -0.2) is 41.2 Å². The van der Waals surface area contributed by atoms with E-state index in [2.05, 4.69) is 38.8 Å². The van der Waals surface area contributed by atoms with Crippen molar-refractivity contribution in [3.8, 4) is 0 Å². The van der Waals surface area contributed by atoms with Crippen LogP contribution < -0.4 is 11.2 Å². The van der Waals surface area contributed by atoms with Crippen LogP contribution in [0.2, 0.25) is 18.1 Å². The van der Waals surface area contributed by atoms with Crippen LogP contribution in [-0.2, 0) is 13.9 Å². The minimum absolute atomic E-state index is 0.0163. The fraction of sp³-hybridized carbons (Fsp3) is 0.750. The second-order valence-electron chi connectivity index (χ2n) is 8.35. The maximum Gasteiger partial charge on any atom is 0.330 e. The lowest BCUT2D eigenvalue weighted by Crippen LogP contribution is -2.47. The summed E-state index contributed by atoms with van der Waals surface area (Å²) in [6, 6.07) is 0. The lowest BCUT2D eigenvalue weighted by Gasteiger charge is -2.38. The first-order valence-corrected chi connectivity index (χ1v) is 11.3. The number of rotatable bonds is 3. The third kappa shape index (κ3) is 3.04. The molecule has 3 rings (SSSR count). The number of H-pyrrole nitrogens is 1. The maximum atomic E-state index is 12.1. The molecule has 0 aliphatic carbocycles. The van der Waals surface area contributed by atoms with Crippen LogP contribution in [0.4, 0.5) is 0 Å². The highest BCUT2D eigenvalue weighted by Crippen LogP contribution is 2.53. The average Bonchev–Trinajstić information content (AvgIpc) is 2.96. The zero-order valence-corrected chi connectivity index (χ0v) is 16.5. The number of hydrogen-bond acceptors (Lipinski definition) is 6. The first kappa shape index (κ1) is 18.5. The van der Waals surface area contributed by atoms with Crippen LogP contribution in [0.1, 0.15) is 39.0 Å². The third-order valence-electron chi connectivity index (χ3n) is 5.47. The van der Waals surface area contributed by atoms with E-state index in [0.29, 0.717) is 12.0 Å². The van der Waals surface area contributed by atoms with Crippen LogP contribution >= 0.6 is 0 Å². The van der Waals surface area contributed by atoms with Crippen LogP contribution in [0.25, 0.3) is 0 Å². The fourth-order valence-corrected chi connectivity index (χ4v) is 4.10. The largest absolute Gasteiger partial charge is 0.408 e. The summed E-state index contributed by atoms with van der Waals surface area (Å²) in [6.45, 7) is 12.2. The molecule has 1 spiro atoms. The van der Waals surface area contributed by atoms with Crippen molar-refractivity contribution in [2.45, 2.75) is 76.7 Å². The number of nitrogens with one attached hydrogen (secondary N) is 1. The molecule has 1 unspecified atom stereocenters. The van der Waals surface area contributed by atoms with Gasteiger partial charge in [-0.1, -0.05) is 20.8 Å². The van der Waals surface area contributed by atoms with E-state index < -0.39 is 44.0 Å². The summed E-state index contributed by atoms with van der Waals surface area (Å²) in [5, 5.41) is 9.95. The molecule has 140 valence electrons. The number of aliphatic hydroxyl groups excluding tert-OH is 1. The van der Waals surface area contributed by atoms with Crippen molar-refractivity contribution in [2.24, 2.45) is 0 Å². The molecule has 1 aromatic rings. The second-order valence-corrected chi connectivity index (χ2v) is 13.1. The topological polar surface area (TPSA) is 106 Å². The van der Waals surface area contributed by atoms with Gasteiger partial charge in [0.15, 0.2) is 8.32 Å². The number of epoxide rings is 1. The van der Waals surface area contributed by atoms with E-state index in [4.69, 9.17) is 13.9 Å². The molecule has 8 nitrogen and oxygen atoms in total. The minimum atomic E-state index is -2.13. The van der Waals surface area contributed by atoms with Gasteiger partial charge in [0.2, 0.25) is 6.29 Å². The Labute approximate surface area is 146 Å². The van der Waals surface area contributed by atoms with Gasteiger partial charge in [-0.15, -0.1) is 0 Å². The number of aliphatic hydroxyl groups is 1. The Balaban J connectivity index is 1.90. The molecule has 1 aromatic heterocycles. The normalized spacial score (nSPS) is 32.4. The molecule has 3 heterocycles. The van der Waals surface area contributed by atoms with Crippen molar-refractivity contribution in [3.05, 3.63) is 32.6 Å². The second kappa shape index (κ2) is 5.62. The zero-order chi connectivity index (χ0) is 18.8. The SMILES string of the molecule is Cc1cn([C@H]2C[C@H](O[Si](C)(C)C(C)(C)C)[C@]3(OC3O)O2)c(=O)[nH]c1=O. The van der Waals surface area contributed by atoms with Gasteiger partial charge in [0.25, 0.3) is 11.3 Å². The summed E-state index contributed by atoms with van der Waals surface area (Å²) in [5.74, 6) is -1.23. The monoisotopic (exact) mass is 370 g/mol. The predicted molar refractivity (Wildman–Crippen MR) is 92.7 cm³/mol. The first-order valence-electron chi connectivity index (χ1n) is 8.41. The highest BCUT2D eigenvalue weighted by atomic mass is 28.4. The van der Waals surface area contributed by atoms with Gasteiger partial charge < -0.3 is 19.0 Å². The summed E-state index contributed by atoms with van der Waals surface area (Å²) < 4.78 is 18.9. The summed E-state index contributed by atoms with van der Waals surface area (Å²) in [7, 11) is -2.13. The van der Waals surface area contributed by atoms with Crippen LogP contribution in [0, 0.1) is 6.92 Å². The minimum Gasteiger partial charge on any atom is -0.408 e. The molecular formula is C16H26N2O6Si. The molecule has 0 bridgehead atoms. The molecule has 0 radical (unpaired) electrons. The van der Waals surface area contributed by atoms with Gasteiger partial charge in [-0.05, 0) is 25.1 Å². The lowest BCUT2D eigenvalue weighted by atomic mass is 10.2. The van der Waals surface area contributed by atoms with Gasteiger partial charge in [-0.25, -0.2) is 4.79 Å². The molecule has 2 aliphatic heterocycles. The van der Waals surface area contributed by atoms with Crippen molar-refractivity contribution < 1.29 is 19.0 Å². The Morgan fingerprint density at radius 2 is 1.96 bits per heavy atom. The summed E-state index contributed by atoms with van der Waals surface area (Å²) in [4.78, 5) is 26.0. The van der Waals surface area contributed by atoms with Gasteiger partial charge in [0.1, 0.15) is 12.3 Å². The van der Waals surface area contributed by atoms with Crippen molar-refractivity contribution in [1.82, 2.24) is 9.55 Å². The third-order valence-corrected chi connectivity index (χ3v) is 9.95. The molecule has 2 N–H and O–H groups in total. The summed E-state index contributed by atoms with van der Waals surface area (Å²) in [5.41, 5.74) is -0.576. The lowest BCUT2D eigenvalue weighted by molar-refractivity contribution is -0.0984. The molecule has 0 saturated carbocycles. The number of ether oxygens (including phenoxy) is 2. The Kier molecular flexibility index (Phi) is 4.16. The summed E-state index contributed by atoms with van der Waals surface area (Å²) >= 11 is 0. The van der Waals surface area contributed by atoms with Gasteiger partial charge in [0.05, 0.1) is 0 Å². The van der Waals surface area contributed by atoms with Crippen molar-refractivity contribution in [1.29, 1.82) is 0 Å². The standard InChI is InChI=1S/C16H26N2O6Si/c1-9-8-18(14(21)17-12(9)19)11-7-10(16(22-11)13(20)23-16)24-25(5,6)15(2,3)4/h8,10-11,13,20H,7H2,1-6H3,(H,17,19,21)/t10-,11+,13?,16+/m0/s1. The van der Waals surface area contributed by atoms with Crippen molar-refractivity contribution in [2.75, 3.05) is 0 Å². The Morgan fingerprint density at radius 3 is 2.48 bits per heavy atom. The highest BCUT2D eigenvalue weighted by Gasteiger charge is 2.70. The number of nitrogens with zero attached hydrogens (tertiary/aromatic N) is 1. The Hall–Kier alpha value is -1.26. The number of aromatic nitrogens is 2. The van der Waals surface area contributed by atoms with Gasteiger partial charge in [-0.3, -0.25) is 14.3 Å².